The first kappa shape index (κ1) is 49.2. The third kappa shape index (κ3) is 52.9. The summed E-state index contributed by atoms with van der Waals surface area (Å²) in [4.78, 5) is 20.6. The fourth-order valence-corrected chi connectivity index (χ4v) is 4.69. The fraction of sp³-hybridized carbons (Fsp3) is 0.833. The molecule has 0 aromatic rings. The molecule has 0 saturated carbocycles. The molecule has 0 aliphatic heterocycles. The van der Waals surface area contributed by atoms with Crippen molar-refractivity contribution in [1.29, 1.82) is 0 Å². The number of hydrogen-bond acceptors (Lipinski definition) is 2. The van der Waals surface area contributed by atoms with Crippen molar-refractivity contribution >= 4 is 49.7 Å². The molecule has 0 saturated heterocycles. The summed E-state index contributed by atoms with van der Waals surface area (Å²) in [6, 6.07) is 0. The molecule has 0 spiro atoms. The van der Waals surface area contributed by atoms with E-state index in [4.69, 9.17) is 10.2 Å². The third-order valence-corrected chi connectivity index (χ3v) is 7.30. The van der Waals surface area contributed by atoms with Gasteiger partial charge >= 0.3 is 49.7 Å². The second-order valence-corrected chi connectivity index (χ2v) is 11.5. The number of hydrogen-bond donors (Lipinski definition) is 2. The molecule has 0 bridgehead atoms. The topological polar surface area (TPSA) is 74.6 Å². The Morgan fingerprint density at radius 1 is 0.405 bits per heavy atom. The number of allylic oxidation sites excluding steroid dienone is 4. The maximum atomic E-state index is 10.3. The quantitative estimate of drug-likeness (QED) is 0.0453. The first-order valence-corrected chi connectivity index (χ1v) is 17.3. The number of carbonyl (C=O) groups is 2. The molecule has 2 N–H and O–H groups in total. The zero-order valence-electron chi connectivity index (χ0n) is 27.5. The molecule has 0 rings (SSSR count). The van der Waals surface area contributed by atoms with E-state index in [9.17, 15) is 9.59 Å². The smallest absolute Gasteiger partial charge is 0 e. The fourth-order valence-electron chi connectivity index (χ4n) is 4.69. The number of aliphatic carboxylic acids is 2. The van der Waals surface area contributed by atoms with Gasteiger partial charge in [0.1, 0.15) is 0 Å². The van der Waals surface area contributed by atoms with E-state index < -0.39 is 11.9 Å². The van der Waals surface area contributed by atoms with Crippen molar-refractivity contribution < 1.29 is 39.3 Å². The van der Waals surface area contributed by atoms with E-state index in [-0.39, 0.29) is 57.2 Å². The Kier molecular flexibility index (Phi) is 53.6. The third-order valence-electron chi connectivity index (χ3n) is 7.30. The second-order valence-electron chi connectivity index (χ2n) is 11.5. The summed E-state index contributed by atoms with van der Waals surface area (Å²) < 4.78 is 0. The van der Waals surface area contributed by atoms with Crippen molar-refractivity contribution in [1.82, 2.24) is 0 Å². The van der Waals surface area contributed by atoms with Crippen molar-refractivity contribution in [3.8, 4) is 0 Å². The van der Waals surface area contributed by atoms with Crippen LogP contribution >= 0.6 is 0 Å². The molecule has 0 fully saturated rings. The van der Waals surface area contributed by atoms with Crippen molar-refractivity contribution in [2.45, 2.75) is 194 Å². The number of carboxylic acids is 2. The van der Waals surface area contributed by atoms with Crippen LogP contribution in [0.4, 0.5) is 0 Å². The van der Waals surface area contributed by atoms with Crippen molar-refractivity contribution in [2.75, 3.05) is 0 Å². The van der Waals surface area contributed by atoms with Crippen molar-refractivity contribution in [3.63, 3.8) is 0 Å². The van der Waals surface area contributed by atoms with E-state index in [1.165, 1.54) is 141 Å². The molecule has 0 unspecified atom stereocenters. The Morgan fingerprint density at radius 3 is 0.857 bits per heavy atom. The van der Waals surface area contributed by atoms with Gasteiger partial charge in [0, 0.05) is 32.3 Å². The Bertz CT molecular complexity index is 531. The molecule has 0 heterocycles. The van der Waals surface area contributed by atoms with Crippen LogP contribution in [0.3, 0.4) is 0 Å². The van der Waals surface area contributed by atoms with Gasteiger partial charge in [-0.25, -0.2) is 0 Å². The van der Waals surface area contributed by atoms with Gasteiger partial charge < -0.3 is 10.2 Å². The Labute approximate surface area is 304 Å². The van der Waals surface area contributed by atoms with Crippen LogP contribution in [0, 0.1) is 0 Å². The summed E-state index contributed by atoms with van der Waals surface area (Å²) >= 11 is 0. The first-order chi connectivity index (χ1) is 19.5. The van der Waals surface area contributed by atoms with Gasteiger partial charge in [-0.2, -0.15) is 0 Å². The molecule has 42 heavy (non-hydrogen) atoms. The van der Waals surface area contributed by atoms with E-state index in [2.05, 4.69) is 38.2 Å². The van der Waals surface area contributed by atoms with Crippen LogP contribution in [0.5, 0.6) is 0 Å². The van der Waals surface area contributed by atoms with E-state index >= 15 is 0 Å². The van der Waals surface area contributed by atoms with E-state index in [0.717, 1.165) is 25.7 Å². The molecule has 242 valence electrons. The van der Waals surface area contributed by atoms with Crippen molar-refractivity contribution in [2.24, 2.45) is 0 Å². The summed E-state index contributed by atoms with van der Waals surface area (Å²) in [6.07, 6.45) is 42.5. The van der Waals surface area contributed by atoms with Gasteiger partial charge in [-0.15, -0.1) is 0 Å². The molecule has 6 heteroatoms. The standard InChI is InChI=1S/2C18H34O2.Ca.Zn.2H/c2*1-2-3-4-5-6-7-8-9-10-11-12-13-14-15-16-17-18(19)20;;;;/h2*9-10H,2-8,11-17H2,1H3,(H,19,20);;;;/b2*10-9-;;;;. The number of unbranched alkanes of at least 4 members (excludes halogenated alkanes) is 22. The van der Waals surface area contributed by atoms with E-state index in [1.54, 1.807) is 0 Å². The minimum atomic E-state index is -0.664. The predicted octanol–water partition coefficient (Wildman–Crippen LogP) is 11.3. The van der Waals surface area contributed by atoms with Gasteiger partial charge in [0.25, 0.3) is 0 Å². The normalized spacial score (nSPS) is 10.7. The zero-order valence-corrected chi connectivity index (χ0v) is 30.5. The van der Waals surface area contributed by atoms with Gasteiger partial charge in [-0.1, -0.05) is 141 Å². The minimum Gasteiger partial charge on any atom is 0 e. The average Bonchev–Trinajstić information content (AvgIpc) is 2.93. The Balaban J connectivity index is -0.000000328. The minimum absolute atomic E-state index is 0. The second kappa shape index (κ2) is 45.7. The van der Waals surface area contributed by atoms with E-state index in [0.29, 0.717) is 12.8 Å². The van der Waals surface area contributed by atoms with Crippen molar-refractivity contribution in [3.05, 3.63) is 24.3 Å². The van der Waals surface area contributed by atoms with Crippen LogP contribution in [0.25, 0.3) is 0 Å². The summed E-state index contributed by atoms with van der Waals surface area (Å²) in [6.45, 7) is 4.52. The van der Waals surface area contributed by atoms with Gasteiger partial charge in [-0.3, -0.25) is 9.59 Å². The molecular formula is C36H70CaO4Zn. The maximum absolute atomic E-state index is 10.3. The molecule has 0 aliphatic carbocycles. The van der Waals surface area contributed by atoms with E-state index in [1.807, 2.05) is 0 Å². The molecule has 4 nitrogen and oxygen atoms in total. The monoisotopic (exact) mass is 670 g/mol. The van der Waals surface area contributed by atoms with Gasteiger partial charge in [0.2, 0.25) is 0 Å². The van der Waals surface area contributed by atoms with Gasteiger partial charge in [0.15, 0.2) is 0 Å². The van der Waals surface area contributed by atoms with Crippen LogP contribution in [0.1, 0.15) is 194 Å². The van der Waals surface area contributed by atoms with Gasteiger partial charge in [0.05, 0.1) is 0 Å². The first-order valence-electron chi connectivity index (χ1n) is 17.3. The maximum Gasteiger partial charge on any atom is 0 e. The molecule has 0 atom stereocenters. The zero-order chi connectivity index (χ0) is 29.8. The molecule has 0 aromatic carbocycles. The molecule has 0 aromatic heterocycles. The summed E-state index contributed by atoms with van der Waals surface area (Å²) in [5.41, 5.74) is 0. The molecule has 0 amide bonds. The molecule has 0 aliphatic rings. The SMILES string of the molecule is CCCCCCCC/C=C\CCCCCCCC(=O)O.CCCCCCCC/C=C\CCCCCCCC(=O)O.[CaH2].[Zn]. The summed E-state index contributed by atoms with van der Waals surface area (Å²) in [5.74, 6) is -1.33. The van der Waals surface area contributed by atoms with Crippen LogP contribution < -0.4 is 0 Å². The predicted molar refractivity (Wildman–Crippen MR) is 183 cm³/mol. The van der Waals surface area contributed by atoms with Crippen LogP contribution in [-0.4, -0.2) is 59.9 Å². The molecular weight excluding hydrogens is 602 g/mol. The van der Waals surface area contributed by atoms with Crippen LogP contribution in [0.2, 0.25) is 0 Å². The Morgan fingerprint density at radius 2 is 0.619 bits per heavy atom. The van der Waals surface area contributed by atoms with Crippen LogP contribution in [-0.2, 0) is 29.1 Å². The van der Waals surface area contributed by atoms with Crippen LogP contribution in [0.15, 0.2) is 24.3 Å². The largest absolute Gasteiger partial charge is 0 e. The number of rotatable bonds is 30. The molecule has 0 radical (unpaired) electrons. The average molecular weight is 672 g/mol. The summed E-state index contributed by atoms with van der Waals surface area (Å²) in [7, 11) is 0. The number of carboxylic acid groups (broad SMARTS) is 2. The van der Waals surface area contributed by atoms with Gasteiger partial charge in [-0.05, 0) is 64.2 Å². The Hall–Kier alpha value is 0.303. The summed E-state index contributed by atoms with van der Waals surface area (Å²) in [5, 5.41) is 17.0.